The fourth-order valence-electron chi connectivity index (χ4n) is 1.15. The topological polar surface area (TPSA) is 65.3 Å². The number of carbonyl (C=O) groups excluding carboxylic acids is 1. The van der Waals surface area contributed by atoms with Gasteiger partial charge in [0, 0.05) is 5.56 Å². The molecule has 1 amide bonds. The van der Waals surface area contributed by atoms with E-state index in [1.54, 1.807) is 39.8 Å². The maximum Gasteiger partial charge on any atom is 0.505 e. The summed E-state index contributed by atoms with van der Waals surface area (Å²) in [6, 6.07) is 3.35. The Morgan fingerprint density at radius 2 is 2.12 bits per heavy atom. The molecule has 1 aromatic heterocycles. The molecule has 5 nitrogen and oxygen atoms in total. The van der Waals surface area contributed by atoms with Crippen LogP contribution in [0.1, 0.15) is 26.3 Å². The Bertz CT molecular complexity index is 376. The number of pyridine rings is 1. The molecule has 0 spiro atoms. The second-order valence-corrected chi connectivity index (χ2v) is 4.49. The van der Waals surface area contributed by atoms with Gasteiger partial charge in [-0.05, 0) is 39.8 Å². The fraction of sp³-hybridized carbons (Fsp3) is 0.455. The molecule has 0 saturated carbocycles. The van der Waals surface area contributed by atoms with Crippen molar-refractivity contribution >= 4 is 11.9 Å². The predicted octanol–water partition coefficient (Wildman–Crippen LogP) is 1.98. The quantitative estimate of drug-likeness (QED) is 0.586. The number of ether oxygens (including phenoxy) is 1. The highest BCUT2D eigenvalue weighted by atomic mass is 16.6. The van der Waals surface area contributed by atoms with E-state index < -0.39 is 11.7 Å². The maximum atomic E-state index is 11.4. The third-order valence-electron chi connectivity index (χ3n) is 1.78. The van der Waals surface area contributed by atoms with Crippen LogP contribution in [0.25, 0.3) is 0 Å². The minimum atomic E-state index is -0.633. The molecule has 1 heterocycles. The Hall–Kier alpha value is -1.78. The van der Waals surface area contributed by atoms with Crippen LogP contribution in [0.2, 0.25) is 0 Å². The maximum absolute atomic E-state index is 11.4. The van der Waals surface area contributed by atoms with Crippen molar-refractivity contribution in [3.8, 4) is 0 Å². The van der Waals surface area contributed by atoms with Gasteiger partial charge < -0.3 is 9.94 Å². The van der Waals surface area contributed by atoms with E-state index in [-0.39, 0.29) is 5.82 Å². The Kier molecular flexibility index (Phi) is 3.37. The molecule has 0 aromatic carbocycles. The summed E-state index contributed by atoms with van der Waals surface area (Å²) in [5.41, 5.74) is 0.101. The van der Waals surface area contributed by atoms with Gasteiger partial charge in [0.15, 0.2) is 0 Å². The molecule has 16 heavy (non-hydrogen) atoms. The fourth-order valence-corrected chi connectivity index (χ4v) is 1.15. The largest absolute Gasteiger partial charge is 0.711 e. The molecule has 0 aliphatic heterocycles. The Balaban J connectivity index is 2.78. The van der Waals surface area contributed by atoms with Gasteiger partial charge in [-0.1, -0.05) is 0 Å². The van der Waals surface area contributed by atoms with Crippen molar-refractivity contribution in [2.75, 3.05) is 5.32 Å². The first kappa shape index (κ1) is 12.3. The average Bonchev–Trinajstić information content (AvgIpc) is 2.08. The van der Waals surface area contributed by atoms with Gasteiger partial charge in [-0.15, -0.1) is 0 Å². The van der Waals surface area contributed by atoms with Crippen LogP contribution in [0.15, 0.2) is 18.3 Å². The zero-order chi connectivity index (χ0) is 12.3. The zero-order valence-corrected chi connectivity index (χ0v) is 9.90. The van der Waals surface area contributed by atoms with Gasteiger partial charge in [0.2, 0.25) is 0 Å². The lowest BCUT2D eigenvalue weighted by molar-refractivity contribution is -0.590. The van der Waals surface area contributed by atoms with Gasteiger partial charge in [-0.2, -0.15) is 10.1 Å². The number of carbonyl (C=O) groups is 1. The SMILES string of the molecule is Cc1ccc[n+]([O-])c1NC(=O)OC(C)(C)C. The molecular formula is C11H16N2O3. The van der Waals surface area contributed by atoms with Crippen molar-refractivity contribution in [1.29, 1.82) is 0 Å². The van der Waals surface area contributed by atoms with E-state index in [2.05, 4.69) is 5.32 Å². The summed E-state index contributed by atoms with van der Waals surface area (Å²) >= 11 is 0. The van der Waals surface area contributed by atoms with Crippen LogP contribution in [-0.2, 0) is 4.74 Å². The van der Waals surface area contributed by atoms with E-state index in [4.69, 9.17) is 4.74 Å². The van der Waals surface area contributed by atoms with Crippen LogP contribution in [-0.4, -0.2) is 11.7 Å². The molecule has 1 N–H and O–H groups in total. The van der Waals surface area contributed by atoms with E-state index in [1.807, 2.05) is 0 Å². The van der Waals surface area contributed by atoms with E-state index in [0.29, 0.717) is 10.3 Å². The van der Waals surface area contributed by atoms with Crippen molar-refractivity contribution in [2.24, 2.45) is 0 Å². The molecule has 1 rings (SSSR count). The number of aryl methyl sites for hydroxylation is 1. The number of hydrogen-bond donors (Lipinski definition) is 1. The lowest BCUT2D eigenvalue weighted by atomic mass is 10.2. The lowest BCUT2D eigenvalue weighted by Gasteiger charge is -2.18. The Labute approximate surface area is 94.6 Å². The van der Waals surface area contributed by atoms with Gasteiger partial charge in [-0.25, -0.2) is 4.73 Å². The molecule has 0 aliphatic rings. The van der Waals surface area contributed by atoms with E-state index >= 15 is 0 Å². The molecule has 0 atom stereocenters. The van der Waals surface area contributed by atoms with Gasteiger partial charge in [0.1, 0.15) is 5.60 Å². The Morgan fingerprint density at radius 3 is 2.62 bits per heavy atom. The van der Waals surface area contributed by atoms with Gasteiger partial charge >= 0.3 is 6.09 Å². The number of hydrogen-bond acceptors (Lipinski definition) is 3. The van der Waals surface area contributed by atoms with Crippen LogP contribution in [0, 0.1) is 12.1 Å². The van der Waals surface area contributed by atoms with Crippen LogP contribution in [0.4, 0.5) is 10.6 Å². The standard InChI is InChI=1S/C11H16N2O3/c1-8-6-5-7-13(15)9(8)12-10(14)16-11(2,3)4/h5-7H,1-4H3,(H,12,14). The highest BCUT2D eigenvalue weighted by molar-refractivity contribution is 5.83. The van der Waals surface area contributed by atoms with Crippen molar-refractivity contribution in [3.63, 3.8) is 0 Å². The summed E-state index contributed by atoms with van der Waals surface area (Å²) in [5.74, 6) is 0.191. The number of aromatic nitrogens is 1. The number of nitrogens with one attached hydrogen (secondary N) is 1. The zero-order valence-electron chi connectivity index (χ0n) is 9.90. The average molecular weight is 224 g/mol. The highest BCUT2D eigenvalue weighted by Crippen LogP contribution is 2.11. The second-order valence-electron chi connectivity index (χ2n) is 4.49. The molecule has 0 aliphatic carbocycles. The second kappa shape index (κ2) is 4.38. The lowest BCUT2D eigenvalue weighted by Crippen LogP contribution is -2.35. The monoisotopic (exact) mass is 224 g/mol. The summed E-state index contributed by atoms with van der Waals surface area (Å²) in [6.45, 7) is 7.02. The summed E-state index contributed by atoms with van der Waals surface area (Å²) < 4.78 is 5.65. The molecule has 88 valence electrons. The molecule has 5 heteroatoms. The molecule has 0 saturated heterocycles. The molecule has 0 fully saturated rings. The predicted molar refractivity (Wildman–Crippen MR) is 60.0 cm³/mol. The number of nitrogens with zero attached hydrogens (tertiary/aromatic N) is 1. The van der Waals surface area contributed by atoms with Crippen LogP contribution in [0.3, 0.4) is 0 Å². The molecular weight excluding hydrogens is 208 g/mol. The number of anilines is 1. The highest BCUT2D eigenvalue weighted by Gasteiger charge is 2.21. The van der Waals surface area contributed by atoms with E-state index in [1.165, 1.54) is 6.20 Å². The minimum absolute atomic E-state index is 0.191. The van der Waals surface area contributed by atoms with Crippen LogP contribution in [0.5, 0.6) is 0 Å². The van der Waals surface area contributed by atoms with Crippen molar-refractivity contribution in [1.82, 2.24) is 0 Å². The van der Waals surface area contributed by atoms with Crippen molar-refractivity contribution in [2.45, 2.75) is 33.3 Å². The number of rotatable bonds is 1. The molecule has 0 radical (unpaired) electrons. The smallest absolute Gasteiger partial charge is 0.505 e. The van der Waals surface area contributed by atoms with Crippen LogP contribution >= 0.6 is 0 Å². The molecule has 0 unspecified atom stereocenters. The van der Waals surface area contributed by atoms with Gasteiger partial charge in [0.25, 0.3) is 5.82 Å². The first-order chi connectivity index (χ1) is 7.29. The third-order valence-corrected chi connectivity index (χ3v) is 1.78. The van der Waals surface area contributed by atoms with Crippen molar-refractivity contribution < 1.29 is 14.3 Å². The molecule has 1 aromatic rings. The van der Waals surface area contributed by atoms with Gasteiger partial charge in [-0.3, -0.25) is 0 Å². The first-order valence-electron chi connectivity index (χ1n) is 4.98. The minimum Gasteiger partial charge on any atom is -0.711 e. The summed E-state index contributed by atoms with van der Waals surface area (Å²) in [6.07, 6.45) is 0.686. The number of amides is 1. The Morgan fingerprint density at radius 1 is 1.50 bits per heavy atom. The van der Waals surface area contributed by atoms with Crippen LogP contribution < -0.4 is 10.0 Å². The summed E-state index contributed by atoms with van der Waals surface area (Å²) in [7, 11) is 0. The van der Waals surface area contributed by atoms with E-state index in [9.17, 15) is 10.0 Å². The van der Waals surface area contributed by atoms with E-state index in [0.717, 1.165) is 0 Å². The first-order valence-corrected chi connectivity index (χ1v) is 4.98. The molecule has 0 bridgehead atoms. The normalized spacial score (nSPS) is 11.0. The third kappa shape index (κ3) is 3.42. The van der Waals surface area contributed by atoms with Gasteiger partial charge in [0.05, 0.1) is 6.20 Å². The summed E-state index contributed by atoms with van der Waals surface area (Å²) in [4.78, 5) is 11.4. The summed E-state index contributed by atoms with van der Waals surface area (Å²) in [5, 5.41) is 13.8. The van der Waals surface area contributed by atoms with Crippen molar-refractivity contribution in [3.05, 3.63) is 29.1 Å².